The Balaban J connectivity index is 1.95. The van der Waals surface area contributed by atoms with Crippen LogP contribution in [0.3, 0.4) is 0 Å². The summed E-state index contributed by atoms with van der Waals surface area (Å²) in [5.74, 6) is 2.35. The maximum atomic E-state index is 10.7. The first-order valence-corrected chi connectivity index (χ1v) is 5.47. The molecule has 0 saturated heterocycles. The highest BCUT2D eigenvalue weighted by atomic mass is 16.2. The Morgan fingerprint density at radius 3 is 2.57 bits per heavy atom. The number of rotatable bonds is 2. The summed E-state index contributed by atoms with van der Waals surface area (Å²) >= 11 is 0. The smallest absolute Gasteiger partial charge is 0.236 e. The van der Waals surface area contributed by atoms with E-state index in [1.54, 1.807) is 0 Å². The van der Waals surface area contributed by atoms with Gasteiger partial charge in [0.05, 0.1) is 0 Å². The topological polar surface area (TPSA) is 41.5 Å². The summed E-state index contributed by atoms with van der Waals surface area (Å²) in [4.78, 5) is 10.7. The third kappa shape index (κ3) is 1.81. The number of amides is 1. The predicted octanol–water partition coefficient (Wildman–Crippen LogP) is 1.93. The van der Waals surface area contributed by atoms with Crippen LogP contribution in [0.15, 0.2) is 5.10 Å². The van der Waals surface area contributed by atoms with Crippen LogP contribution in [0.2, 0.25) is 0 Å². The van der Waals surface area contributed by atoms with E-state index in [0.717, 1.165) is 17.5 Å². The van der Waals surface area contributed by atoms with Crippen LogP contribution in [0.4, 0.5) is 0 Å². The summed E-state index contributed by atoms with van der Waals surface area (Å²) < 4.78 is 0. The normalized spacial score (nSPS) is 36.1. The van der Waals surface area contributed by atoms with Crippen molar-refractivity contribution in [1.29, 1.82) is 0 Å². The van der Waals surface area contributed by atoms with Gasteiger partial charge in [0.2, 0.25) is 5.91 Å². The van der Waals surface area contributed by atoms with E-state index in [1.807, 2.05) is 6.92 Å². The molecule has 1 amide bonds. The maximum Gasteiger partial charge on any atom is 0.236 e. The number of nitrogens with zero attached hydrogens (tertiary/aromatic N) is 1. The van der Waals surface area contributed by atoms with Crippen molar-refractivity contribution < 1.29 is 4.79 Å². The Bertz CT molecular complexity index is 272. The van der Waals surface area contributed by atoms with Gasteiger partial charge < -0.3 is 0 Å². The fourth-order valence-corrected chi connectivity index (χ4v) is 3.01. The minimum Gasteiger partial charge on any atom is -0.274 e. The molecule has 0 aliphatic heterocycles. The van der Waals surface area contributed by atoms with E-state index in [-0.39, 0.29) is 5.91 Å². The van der Waals surface area contributed by atoms with Crippen molar-refractivity contribution in [3.05, 3.63) is 0 Å². The average molecular weight is 194 g/mol. The molecule has 2 aliphatic rings. The van der Waals surface area contributed by atoms with Crippen molar-refractivity contribution in [1.82, 2.24) is 5.43 Å². The number of hydrogen-bond acceptors (Lipinski definition) is 2. The first kappa shape index (κ1) is 9.69. The summed E-state index contributed by atoms with van der Waals surface area (Å²) in [5, 5.41) is 4.14. The summed E-state index contributed by atoms with van der Waals surface area (Å²) in [6, 6.07) is 0. The largest absolute Gasteiger partial charge is 0.274 e. The molecule has 3 atom stereocenters. The van der Waals surface area contributed by atoms with Crippen molar-refractivity contribution in [2.45, 2.75) is 39.5 Å². The van der Waals surface area contributed by atoms with Gasteiger partial charge in [-0.3, -0.25) is 4.79 Å². The van der Waals surface area contributed by atoms with Crippen LogP contribution in [-0.2, 0) is 4.79 Å². The highest BCUT2D eigenvalue weighted by Crippen LogP contribution is 2.48. The standard InChI is InChI=1S/C11H18N2O/c1-7(12-13-8(2)14)11-6-9-3-4-10(11)5-9/h9-11H,3-6H2,1-2H3,(H,13,14)/b12-7+/t9-,10+,11-/m0/s1. The predicted molar refractivity (Wildman–Crippen MR) is 55.9 cm³/mol. The van der Waals surface area contributed by atoms with E-state index in [1.165, 1.54) is 32.6 Å². The fourth-order valence-electron chi connectivity index (χ4n) is 3.01. The number of hydrogen-bond donors (Lipinski definition) is 1. The molecule has 0 spiro atoms. The number of carbonyl (C=O) groups excluding carboxylic acids is 1. The molecule has 3 nitrogen and oxygen atoms in total. The van der Waals surface area contributed by atoms with Gasteiger partial charge in [0.1, 0.15) is 0 Å². The lowest BCUT2D eigenvalue weighted by atomic mass is 9.86. The molecule has 1 N–H and O–H groups in total. The van der Waals surface area contributed by atoms with Crippen LogP contribution in [0.25, 0.3) is 0 Å². The van der Waals surface area contributed by atoms with Gasteiger partial charge in [-0.1, -0.05) is 6.42 Å². The third-order valence-electron chi connectivity index (χ3n) is 3.66. The molecule has 78 valence electrons. The maximum absolute atomic E-state index is 10.7. The summed E-state index contributed by atoms with van der Waals surface area (Å²) in [6.45, 7) is 3.54. The van der Waals surface area contributed by atoms with Gasteiger partial charge in [-0.15, -0.1) is 0 Å². The molecule has 0 heterocycles. The molecule has 2 saturated carbocycles. The minimum absolute atomic E-state index is 0.0764. The molecule has 2 fully saturated rings. The van der Waals surface area contributed by atoms with Crippen LogP contribution in [-0.4, -0.2) is 11.6 Å². The van der Waals surface area contributed by atoms with Crippen LogP contribution in [0, 0.1) is 17.8 Å². The molecule has 0 aromatic heterocycles. The second kappa shape index (κ2) is 3.71. The highest BCUT2D eigenvalue weighted by Gasteiger charge is 2.40. The molecule has 2 bridgehead atoms. The lowest BCUT2D eigenvalue weighted by Crippen LogP contribution is -2.23. The number of nitrogens with one attached hydrogen (secondary N) is 1. The van der Waals surface area contributed by atoms with Gasteiger partial charge in [0.15, 0.2) is 0 Å². The van der Waals surface area contributed by atoms with E-state index in [0.29, 0.717) is 5.92 Å². The Kier molecular flexibility index (Phi) is 2.57. The van der Waals surface area contributed by atoms with E-state index >= 15 is 0 Å². The summed E-state index contributed by atoms with van der Waals surface area (Å²) in [7, 11) is 0. The molecule has 2 rings (SSSR count). The SMILES string of the molecule is CC(=O)N/N=C(\C)[C@@H]1C[C@H]2CC[C@@H]1C2. The monoisotopic (exact) mass is 194 g/mol. The minimum atomic E-state index is -0.0764. The second-order valence-electron chi connectivity index (χ2n) is 4.70. The third-order valence-corrected chi connectivity index (χ3v) is 3.66. The van der Waals surface area contributed by atoms with Crippen molar-refractivity contribution >= 4 is 11.6 Å². The Morgan fingerprint density at radius 2 is 2.07 bits per heavy atom. The molecule has 0 radical (unpaired) electrons. The molecule has 0 unspecified atom stereocenters. The van der Waals surface area contributed by atoms with Gasteiger partial charge in [-0.2, -0.15) is 5.10 Å². The number of hydrazone groups is 1. The average Bonchev–Trinajstić information content (AvgIpc) is 2.74. The lowest BCUT2D eigenvalue weighted by Gasteiger charge is -2.20. The van der Waals surface area contributed by atoms with Gasteiger partial charge in [0.25, 0.3) is 0 Å². The van der Waals surface area contributed by atoms with Crippen molar-refractivity contribution in [2.24, 2.45) is 22.9 Å². The molecule has 2 aliphatic carbocycles. The van der Waals surface area contributed by atoms with Crippen molar-refractivity contribution in [2.75, 3.05) is 0 Å². The molecule has 14 heavy (non-hydrogen) atoms. The first-order chi connectivity index (χ1) is 6.66. The lowest BCUT2D eigenvalue weighted by molar-refractivity contribution is -0.118. The summed E-state index contributed by atoms with van der Waals surface area (Å²) in [6.07, 6.45) is 5.45. The first-order valence-electron chi connectivity index (χ1n) is 5.47. The Morgan fingerprint density at radius 1 is 1.29 bits per heavy atom. The van der Waals surface area contributed by atoms with Crippen LogP contribution in [0.5, 0.6) is 0 Å². The van der Waals surface area contributed by atoms with E-state index in [9.17, 15) is 4.79 Å². The van der Waals surface area contributed by atoms with E-state index < -0.39 is 0 Å². The Hall–Kier alpha value is -0.860. The molecule has 0 aromatic rings. The van der Waals surface area contributed by atoms with Crippen molar-refractivity contribution in [3.63, 3.8) is 0 Å². The van der Waals surface area contributed by atoms with Crippen molar-refractivity contribution in [3.8, 4) is 0 Å². The van der Waals surface area contributed by atoms with Gasteiger partial charge >= 0.3 is 0 Å². The van der Waals surface area contributed by atoms with E-state index in [2.05, 4.69) is 10.5 Å². The van der Waals surface area contributed by atoms with Crippen LogP contribution < -0.4 is 5.43 Å². The quantitative estimate of drug-likeness (QED) is 0.529. The zero-order chi connectivity index (χ0) is 10.1. The Labute approximate surface area is 85.0 Å². The second-order valence-corrected chi connectivity index (χ2v) is 4.70. The highest BCUT2D eigenvalue weighted by molar-refractivity contribution is 5.86. The molecule has 3 heteroatoms. The van der Waals surface area contributed by atoms with Crippen LogP contribution in [0.1, 0.15) is 39.5 Å². The van der Waals surface area contributed by atoms with Gasteiger partial charge in [-0.05, 0) is 38.0 Å². The van der Waals surface area contributed by atoms with Crippen LogP contribution >= 0.6 is 0 Å². The number of fused-ring (bicyclic) bond motifs is 2. The zero-order valence-corrected chi connectivity index (χ0v) is 8.92. The van der Waals surface area contributed by atoms with Gasteiger partial charge in [0, 0.05) is 18.6 Å². The fraction of sp³-hybridized carbons (Fsp3) is 0.818. The molecular formula is C11H18N2O. The number of carbonyl (C=O) groups is 1. The molecule has 0 aromatic carbocycles. The zero-order valence-electron chi connectivity index (χ0n) is 8.92. The van der Waals surface area contributed by atoms with E-state index in [4.69, 9.17) is 0 Å². The van der Waals surface area contributed by atoms with Gasteiger partial charge in [-0.25, -0.2) is 5.43 Å². The summed E-state index contributed by atoms with van der Waals surface area (Å²) in [5.41, 5.74) is 3.65. The molecular weight excluding hydrogens is 176 g/mol.